The largest absolute Gasteiger partial charge is 0.369 e. The van der Waals surface area contributed by atoms with Crippen molar-refractivity contribution in [2.75, 3.05) is 37.6 Å². The van der Waals surface area contributed by atoms with E-state index < -0.39 is 0 Å². The summed E-state index contributed by atoms with van der Waals surface area (Å²) >= 11 is 0. The Bertz CT molecular complexity index is 968. The van der Waals surface area contributed by atoms with E-state index in [4.69, 9.17) is 0 Å². The van der Waals surface area contributed by atoms with Crippen molar-refractivity contribution in [1.82, 2.24) is 24.0 Å². The molecule has 4 rings (SSSR count). The summed E-state index contributed by atoms with van der Waals surface area (Å²) in [5.74, 6) is 1.13. The first kappa shape index (κ1) is 16.8. The summed E-state index contributed by atoms with van der Waals surface area (Å²) in [7, 11) is 3.77. The lowest BCUT2D eigenvalue weighted by atomic mass is 10.2. The average molecular weight is 352 g/mol. The first-order chi connectivity index (χ1) is 12.6. The highest BCUT2D eigenvalue weighted by molar-refractivity contribution is 5.81. The van der Waals surface area contributed by atoms with Crippen LogP contribution in [0.15, 0.2) is 41.7 Å². The van der Waals surface area contributed by atoms with Gasteiger partial charge in [0.1, 0.15) is 5.82 Å². The lowest BCUT2D eigenvalue weighted by molar-refractivity contribution is 0.259. The highest BCUT2D eigenvalue weighted by Crippen LogP contribution is 2.20. The van der Waals surface area contributed by atoms with Gasteiger partial charge in [-0.1, -0.05) is 0 Å². The molecule has 2 aromatic heterocycles. The summed E-state index contributed by atoms with van der Waals surface area (Å²) in [6.45, 7) is 5.07. The number of hydrogen-bond donors (Lipinski definition) is 0. The third kappa shape index (κ3) is 3.22. The highest BCUT2D eigenvalue weighted by atomic mass is 16.1. The van der Waals surface area contributed by atoms with E-state index in [0.29, 0.717) is 5.39 Å². The molecule has 0 saturated carbocycles. The first-order valence-corrected chi connectivity index (χ1v) is 9.01. The SMILES string of the molecule is Cn1ccnc1CCN1CCN(c2ccc3c(=O)n(C)cnc3c2)CC1. The summed E-state index contributed by atoms with van der Waals surface area (Å²) in [5.41, 5.74) is 1.91. The van der Waals surface area contributed by atoms with Crippen LogP contribution in [0.4, 0.5) is 5.69 Å². The lowest BCUT2D eigenvalue weighted by Gasteiger charge is -2.36. The Morgan fingerprint density at radius 3 is 2.58 bits per heavy atom. The minimum Gasteiger partial charge on any atom is -0.369 e. The summed E-state index contributed by atoms with van der Waals surface area (Å²) < 4.78 is 3.60. The minimum absolute atomic E-state index is 0.000606. The molecule has 3 heterocycles. The standard InChI is InChI=1S/C19H24N6O/c1-22-8-6-20-18(22)5-7-24-9-11-25(12-10-24)15-3-4-16-17(13-15)21-14-23(2)19(16)26/h3-4,6,8,13-14H,5,7,9-12H2,1-2H3. The molecule has 0 unspecified atom stereocenters. The van der Waals surface area contributed by atoms with Crippen LogP contribution >= 0.6 is 0 Å². The molecule has 0 N–H and O–H groups in total. The van der Waals surface area contributed by atoms with Crippen LogP contribution in [0.1, 0.15) is 5.82 Å². The zero-order valence-corrected chi connectivity index (χ0v) is 15.3. The molecule has 1 fully saturated rings. The Morgan fingerprint density at radius 2 is 1.85 bits per heavy atom. The van der Waals surface area contributed by atoms with Gasteiger partial charge in [-0.05, 0) is 18.2 Å². The number of fused-ring (bicyclic) bond motifs is 1. The maximum atomic E-state index is 12.1. The van der Waals surface area contributed by atoms with Crippen molar-refractivity contribution in [3.05, 3.63) is 53.1 Å². The number of aryl methyl sites for hydroxylation is 2. The van der Waals surface area contributed by atoms with Crippen molar-refractivity contribution in [1.29, 1.82) is 0 Å². The molecule has 1 aliphatic heterocycles. The summed E-state index contributed by atoms with van der Waals surface area (Å²) in [4.78, 5) is 25.8. The number of imidazole rings is 1. The van der Waals surface area contributed by atoms with Gasteiger partial charge in [0.15, 0.2) is 0 Å². The number of piperazine rings is 1. The second-order valence-electron chi connectivity index (χ2n) is 6.90. The zero-order chi connectivity index (χ0) is 18.1. The van der Waals surface area contributed by atoms with Crippen LogP contribution < -0.4 is 10.5 Å². The normalized spacial score (nSPS) is 15.7. The summed E-state index contributed by atoms with van der Waals surface area (Å²) in [6.07, 6.45) is 6.42. The molecule has 7 heteroatoms. The van der Waals surface area contributed by atoms with Crippen LogP contribution in [-0.4, -0.2) is 56.7 Å². The third-order valence-corrected chi connectivity index (χ3v) is 5.21. The van der Waals surface area contributed by atoms with E-state index in [9.17, 15) is 4.79 Å². The molecule has 3 aromatic rings. The van der Waals surface area contributed by atoms with Crippen LogP contribution in [0.5, 0.6) is 0 Å². The van der Waals surface area contributed by atoms with Gasteiger partial charge in [-0.15, -0.1) is 0 Å². The molecule has 1 aliphatic rings. The van der Waals surface area contributed by atoms with Crippen molar-refractivity contribution >= 4 is 16.6 Å². The molecule has 0 atom stereocenters. The maximum absolute atomic E-state index is 12.1. The van der Waals surface area contributed by atoms with Crippen LogP contribution in [0.25, 0.3) is 10.9 Å². The van der Waals surface area contributed by atoms with Gasteiger partial charge in [-0.2, -0.15) is 0 Å². The lowest BCUT2D eigenvalue weighted by Crippen LogP contribution is -2.47. The molecule has 0 bridgehead atoms. The predicted octanol–water partition coefficient (Wildman–Crippen LogP) is 1.03. The third-order valence-electron chi connectivity index (χ3n) is 5.21. The topological polar surface area (TPSA) is 59.2 Å². The Morgan fingerprint density at radius 1 is 1.04 bits per heavy atom. The van der Waals surface area contributed by atoms with Gasteiger partial charge in [0, 0.05) is 71.3 Å². The fourth-order valence-electron chi connectivity index (χ4n) is 3.52. The second kappa shape index (κ2) is 6.92. The van der Waals surface area contributed by atoms with Crippen molar-refractivity contribution in [3.63, 3.8) is 0 Å². The number of benzene rings is 1. The molecule has 0 aliphatic carbocycles. The smallest absolute Gasteiger partial charge is 0.260 e. The average Bonchev–Trinajstić information content (AvgIpc) is 3.08. The Hall–Kier alpha value is -2.67. The number of aromatic nitrogens is 4. The van der Waals surface area contributed by atoms with Gasteiger partial charge in [-0.3, -0.25) is 9.69 Å². The van der Waals surface area contributed by atoms with Crippen LogP contribution in [0.3, 0.4) is 0 Å². The Balaban J connectivity index is 1.40. The van der Waals surface area contributed by atoms with Crippen molar-refractivity contribution < 1.29 is 0 Å². The molecule has 1 saturated heterocycles. The van der Waals surface area contributed by atoms with Crippen molar-refractivity contribution in [3.8, 4) is 0 Å². The zero-order valence-electron chi connectivity index (χ0n) is 15.3. The molecular weight excluding hydrogens is 328 g/mol. The number of hydrogen-bond acceptors (Lipinski definition) is 5. The van der Waals surface area contributed by atoms with Gasteiger partial charge in [0.25, 0.3) is 5.56 Å². The predicted molar refractivity (Wildman–Crippen MR) is 103 cm³/mol. The van der Waals surface area contributed by atoms with E-state index in [2.05, 4.69) is 24.3 Å². The molecule has 1 aromatic carbocycles. The molecule has 7 nitrogen and oxygen atoms in total. The van der Waals surface area contributed by atoms with Crippen molar-refractivity contribution in [2.24, 2.45) is 14.1 Å². The van der Waals surface area contributed by atoms with E-state index in [1.807, 2.05) is 37.6 Å². The Kier molecular flexibility index (Phi) is 4.46. The molecule has 26 heavy (non-hydrogen) atoms. The van der Waals surface area contributed by atoms with E-state index in [0.717, 1.165) is 56.2 Å². The van der Waals surface area contributed by atoms with Gasteiger partial charge < -0.3 is 14.0 Å². The van der Waals surface area contributed by atoms with Crippen LogP contribution in [0, 0.1) is 0 Å². The van der Waals surface area contributed by atoms with Crippen LogP contribution in [-0.2, 0) is 20.5 Å². The Labute approximate surface area is 152 Å². The molecule has 136 valence electrons. The molecule has 0 spiro atoms. The number of anilines is 1. The van der Waals surface area contributed by atoms with E-state index >= 15 is 0 Å². The van der Waals surface area contributed by atoms with Gasteiger partial charge in [0.05, 0.1) is 17.2 Å². The van der Waals surface area contributed by atoms with Gasteiger partial charge >= 0.3 is 0 Å². The second-order valence-corrected chi connectivity index (χ2v) is 6.90. The molecular formula is C19H24N6O. The summed E-state index contributed by atoms with van der Waals surface area (Å²) in [5, 5.41) is 0.674. The monoisotopic (exact) mass is 352 g/mol. The number of nitrogens with zero attached hydrogens (tertiary/aromatic N) is 6. The fourth-order valence-corrected chi connectivity index (χ4v) is 3.52. The van der Waals surface area contributed by atoms with Crippen LogP contribution in [0.2, 0.25) is 0 Å². The molecule has 0 radical (unpaired) electrons. The number of rotatable bonds is 4. The quantitative estimate of drug-likeness (QED) is 0.702. The van der Waals surface area contributed by atoms with Gasteiger partial charge in [0.2, 0.25) is 0 Å². The van der Waals surface area contributed by atoms with E-state index in [1.165, 1.54) is 4.57 Å². The maximum Gasteiger partial charge on any atom is 0.260 e. The van der Waals surface area contributed by atoms with Crippen molar-refractivity contribution in [2.45, 2.75) is 6.42 Å². The molecule has 0 amide bonds. The van der Waals surface area contributed by atoms with E-state index in [-0.39, 0.29) is 5.56 Å². The van der Waals surface area contributed by atoms with Gasteiger partial charge in [-0.25, -0.2) is 9.97 Å². The minimum atomic E-state index is 0.000606. The highest BCUT2D eigenvalue weighted by Gasteiger charge is 2.18. The summed E-state index contributed by atoms with van der Waals surface area (Å²) in [6, 6.07) is 5.96. The fraction of sp³-hybridized carbons (Fsp3) is 0.421. The first-order valence-electron chi connectivity index (χ1n) is 9.01. The van der Waals surface area contributed by atoms with E-state index in [1.54, 1.807) is 13.4 Å².